The van der Waals surface area contributed by atoms with Crippen LogP contribution in [0.4, 0.5) is 0 Å². The minimum atomic E-state index is -3.17. The summed E-state index contributed by atoms with van der Waals surface area (Å²) in [5, 5.41) is 10.2. The van der Waals surface area contributed by atoms with Crippen molar-refractivity contribution >= 4 is 9.84 Å². The van der Waals surface area contributed by atoms with Gasteiger partial charge in [0, 0.05) is 19.3 Å². The average molecular weight is 297 g/mol. The zero-order valence-electron chi connectivity index (χ0n) is 12.1. The Bertz CT molecular complexity index is 535. The second-order valence-corrected chi connectivity index (χ2v) is 7.89. The van der Waals surface area contributed by atoms with Crippen LogP contribution in [0.25, 0.3) is 0 Å². The van der Waals surface area contributed by atoms with Crippen LogP contribution in [0.1, 0.15) is 30.9 Å². The van der Waals surface area contributed by atoms with Gasteiger partial charge in [-0.25, -0.2) is 8.42 Å². The molecule has 1 N–H and O–H groups in total. The lowest BCUT2D eigenvalue weighted by molar-refractivity contribution is 0.107. The Labute approximate surface area is 121 Å². The van der Waals surface area contributed by atoms with Gasteiger partial charge in [-0.1, -0.05) is 18.6 Å². The minimum Gasteiger partial charge on any atom is -0.387 e. The molecule has 112 valence electrons. The standard InChI is InChI=1S/C15H23NO3S/c1-16(10-12-4-3-5-12)11-15(17)13-6-8-14(9-7-13)20(2,18)19/h6-9,12,15,17H,3-5,10-11H2,1-2H3. The number of aliphatic hydroxyl groups excluding tert-OH is 1. The van der Waals surface area contributed by atoms with Crippen LogP contribution in [0, 0.1) is 5.92 Å². The van der Waals surface area contributed by atoms with Crippen molar-refractivity contribution < 1.29 is 13.5 Å². The van der Waals surface area contributed by atoms with E-state index >= 15 is 0 Å². The third-order valence-corrected chi connectivity index (χ3v) is 5.10. The molecule has 0 amide bonds. The normalized spacial score (nSPS) is 18.0. The zero-order valence-corrected chi connectivity index (χ0v) is 12.9. The van der Waals surface area contributed by atoms with Gasteiger partial charge in [0.05, 0.1) is 11.0 Å². The molecule has 1 fully saturated rings. The molecule has 0 radical (unpaired) electrons. The lowest BCUT2D eigenvalue weighted by Gasteiger charge is -2.31. The Balaban J connectivity index is 1.92. The van der Waals surface area contributed by atoms with E-state index in [-0.39, 0.29) is 4.90 Å². The number of sulfone groups is 1. The summed E-state index contributed by atoms with van der Waals surface area (Å²) in [5.41, 5.74) is 0.762. The lowest BCUT2D eigenvalue weighted by atomic mass is 9.85. The molecule has 0 aliphatic heterocycles. The van der Waals surface area contributed by atoms with Crippen molar-refractivity contribution in [2.75, 3.05) is 26.4 Å². The van der Waals surface area contributed by atoms with E-state index in [2.05, 4.69) is 4.90 Å². The third-order valence-electron chi connectivity index (χ3n) is 3.97. The van der Waals surface area contributed by atoms with E-state index in [9.17, 15) is 13.5 Å². The first kappa shape index (κ1) is 15.5. The summed E-state index contributed by atoms with van der Waals surface area (Å²) in [6.07, 6.45) is 4.53. The van der Waals surface area contributed by atoms with E-state index in [0.717, 1.165) is 18.0 Å². The molecule has 1 aromatic carbocycles. The van der Waals surface area contributed by atoms with Crippen molar-refractivity contribution in [2.45, 2.75) is 30.3 Å². The molecule has 1 aliphatic carbocycles. The van der Waals surface area contributed by atoms with Gasteiger partial charge in [-0.15, -0.1) is 0 Å². The number of aliphatic hydroxyl groups is 1. The van der Waals surface area contributed by atoms with Crippen LogP contribution in [-0.4, -0.2) is 44.8 Å². The number of hydrogen-bond donors (Lipinski definition) is 1. The van der Waals surface area contributed by atoms with Crippen molar-refractivity contribution in [1.82, 2.24) is 4.90 Å². The third kappa shape index (κ3) is 4.04. The van der Waals surface area contributed by atoms with E-state index in [1.54, 1.807) is 24.3 Å². The monoisotopic (exact) mass is 297 g/mol. The maximum atomic E-state index is 11.4. The first-order chi connectivity index (χ1) is 9.36. The van der Waals surface area contributed by atoms with E-state index in [0.29, 0.717) is 6.54 Å². The summed E-state index contributed by atoms with van der Waals surface area (Å²) in [4.78, 5) is 2.44. The molecule has 0 spiro atoms. The topological polar surface area (TPSA) is 57.6 Å². The molecule has 0 saturated heterocycles. The molecule has 20 heavy (non-hydrogen) atoms. The van der Waals surface area contributed by atoms with Crippen LogP contribution in [0.15, 0.2) is 29.2 Å². The van der Waals surface area contributed by atoms with Gasteiger partial charge in [0.2, 0.25) is 0 Å². The van der Waals surface area contributed by atoms with Crippen molar-refractivity contribution in [3.05, 3.63) is 29.8 Å². The highest BCUT2D eigenvalue weighted by molar-refractivity contribution is 7.90. The van der Waals surface area contributed by atoms with Gasteiger partial charge in [0.1, 0.15) is 0 Å². The second kappa shape index (κ2) is 6.24. The van der Waals surface area contributed by atoms with Crippen LogP contribution < -0.4 is 0 Å². The maximum Gasteiger partial charge on any atom is 0.175 e. The Hall–Kier alpha value is -0.910. The molecule has 4 nitrogen and oxygen atoms in total. The fourth-order valence-electron chi connectivity index (χ4n) is 2.53. The van der Waals surface area contributed by atoms with E-state index < -0.39 is 15.9 Å². The van der Waals surface area contributed by atoms with Crippen LogP contribution in [0.2, 0.25) is 0 Å². The van der Waals surface area contributed by atoms with Gasteiger partial charge in [-0.2, -0.15) is 0 Å². The summed E-state index contributed by atoms with van der Waals surface area (Å²) < 4.78 is 22.8. The average Bonchev–Trinajstić information content (AvgIpc) is 2.33. The summed E-state index contributed by atoms with van der Waals surface area (Å²) in [7, 11) is -1.15. The van der Waals surface area contributed by atoms with E-state index in [1.165, 1.54) is 25.5 Å². The molecule has 5 heteroatoms. The quantitative estimate of drug-likeness (QED) is 0.870. The summed E-state index contributed by atoms with van der Waals surface area (Å²) in [5.74, 6) is 0.778. The van der Waals surface area contributed by atoms with Crippen LogP contribution in [-0.2, 0) is 9.84 Å². The minimum absolute atomic E-state index is 0.288. The highest BCUT2D eigenvalue weighted by Gasteiger charge is 2.20. The van der Waals surface area contributed by atoms with E-state index in [1.807, 2.05) is 7.05 Å². The van der Waals surface area contributed by atoms with Crippen molar-refractivity contribution in [3.8, 4) is 0 Å². The number of likely N-dealkylation sites (N-methyl/N-ethyl adjacent to an activating group) is 1. The lowest BCUT2D eigenvalue weighted by Crippen LogP contribution is -2.32. The largest absolute Gasteiger partial charge is 0.387 e. The molecule has 1 aromatic rings. The molecule has 0 aromatic heterocycles. The molecule has 0 heterocycles. The molecular formula is C15H23NO3S. The fourth-order valence-corrected chi connectivity index (χ4v) is 3.16. The Kier molecular flexibility index (Phi) is 4.83. The van der Waals surface area contributed by atoms with Gasteiger partial charge >= 0.3 is 0 Å². The number of hydrogen-bond acceptors (Lipinski definition) is 4. The SMILES string of the molecule is CN(CC1CCC1)CC(O)c1ccc(S(C)(=O)=O)cc1. The second-order valence-electron chi connectivity index (χ2n) is 5.88. The summed E-state index contributed by atoms with van der Waals surface area (Å²) in [6.45, 7) is 1.60. The predicted molar refractivity (Wildman–Crippen MR) is 79.3 cm³/mol. The summed E-state index contributed by atoms with van der Waals surface area (Å²) >= 11 is 0. The molecule has 1 saturated carbocycles. The molecule has 1 unspecified atom stereocenters. The van der Waals surface area contributed by atoms with Crippen molar-refractivity contribution in [1.29, 1.82) is 0 Å². The predicted octanol–water partition coefficient (Wildman–Crippen LogP) is 1.86. The number of rotatable bonds is 6. The van der Waals surface area contributed by atoms with Gasteiger partial charge in [-0.05, 0) is 43.5 Å². The van der Waals surface area contributed by atoms with E-state index in [4.69, 9.17) is 0 Å². The number of nitrogens with zero attached hydrogens (tertiary/aromatic N) is 1. The highest BCUT2D eigenvalue weighted by Crippen LogP contribution is 2.27. The van der Waals surface area contributed by atoms with Gasteiger partial charge in [0.25, 0.3) is 0 Å². The van der Waals surface area contributed by atoms with Crippen molar-refractivity contribution in [3.63, 3.8) is 0 Å². The first-order valence-corrected chi connectivity index (χ1v) is 8.92. The van der Waals surface area contributed by atoms with Crippen LogP contribution in [0.3, 0.4) is 0 Å². The maximum absolute atomic E-state index is 11.4. The van der Waals surface area contributed by atoms with Gasteiger partial charge in [0.15, 0.2) is 9.84 Å². The molecule has 1 atom stereocenters. The number of benzene rings is 1. The first-order valence-electron chi connectivity index (χ1n) is 7.03. The molecule has 0 bridgehead atoms. The molecular weight excluding hydrogens is 274 g/mol. The molecule has 2 rings (SSSR count). The highest BCUT2D eigenvalue weighted by atomic mass is 32.2. The Morgan fingerprint density at radius 3 is 2.35 bits per heavy atom. The zero-order chi connectivity index (χ0) is 14.8. The Morgan fingerprint density at radius 1 is 1.30 bits per heavy atom. The van der Waals surface area contributed by atoms with Crippen molar-refractivity contribution in [2.24, 2.45) is 5.92 Å². The Morgan fingerprint density at radius 2 is 1.90 bits per heavy atom. The van der Waals surface area contributed by atoms with Crippen LogP contribution in [0.5, 0.6) is 0 Å². The van der Waals surface area contributed by atoms with Crippen LogP contribution >= 0.6 is 0 Å². The smallest absolute Gasteiger partial charge is 0.175 e. The molecule has 1 aliphatic rings. The van der Waals surface area contributed by atoms with Gasteiger partial charge in [-0.3, -0.25) is 0 Å². The van der Waals surface area contributed by atoms with Gasteiger partial charge < -0.3 is 10.0 Å². The summed E-state index contributed by atoms with van der Waals surface area (Å²) in [6, 6.07) is 6.50. The fraction of sp³-hybridized carbons (Fsp3) is 0.600.